The number of nitrogens with two attached hydrogens (primary N) is 1. The van der Waals surface area contributed by atoms with Crippen LogP contribution in [-0.2, 0) is 0 Å². The van der Waals surface area contributed by atoms with Crippen molar-refractivity contribution in [2.24, 2.45) is 4.99 Å². The van der Waals surface area contributed by atoms with Gasteiger partial charge in [-0.3, -0.25) is 4.99 Å². The van der Waals surface area contributed by atoms with Gasteiger partial charge in [-0.25, -0.2) is 4.98 Å². The molecule has 4 N–H and O–H groups in total. The number of furan rings is 1. The summed E-state index contributed by atoms with van der Waals surface area (Å²) in [6.45, 7) is 1.71. The van der Waals surface area contributed by atoms with Crippen molar-refractivity contribution in [2.75, 3.05) is 18.8 Å². The molecule has 0 radical (unpaired) electrons. The van der Waals surface area contributed by atoms with E-state index in [-0.39, 0.29) is 7.43 Å². The zero-order valence-corrected chi connectivity index (χ0v) is 14.0. The van der Waals surface area contributed by atoms with Gasteiger partial charge in [0.25, 0.3) is 0 Å². The van der Waals surface area contributed by atoms with Crippen LogP contribution in [-0.4, -0.2) is 28.9 Å². The number of H-pyrrole nitrogens is 1. The molecule has 6 nitrogen and oxygen atoms in total. The molecule has 0 saturated carbocycles. The van der Waals surface area contributed by atoms with Crippen molar-refractivity contribution in [3.63, 3.8) is 0 Å². The van der Waals surface area contributed by atoms with Crippen LogP contribution >= 0.6 is 0 Å². The number of imidazole rings is 1. The van der Waals surface area contributed by atoms with Gasteiger partial charge in [0, 0.05) is 23.4 Å². The average molecular weight is 359 g/mol. The molecule has 0 amide bonds. The van der Waals surface area contributed by atoms with Gasteiger partial charge in [0.05, 0.1) is 17.6 Å². The van der Waals surface area contributed by atoms with Gasteiger partial charge in [-0.1, -0.05) is 7.43 Å². The van der Waals surface area contributed by atoms with Crippen LogP contribution in [0.3, 0.4) is 0 Å². The van der Waals surface area contributed by atoms with E-state index in [0.717, 1.165) is 52.5 Å². The van der Waals surface area contributed by atoms with Crippen LogP contribution in [0.4, 0.5) is 5.69 Å². The second kappa shape index (κ2) is 6.64. The van der Waals surface area contributed by atoms with E-state index in [9.17, 15) is 0 Å². The molecule has 0 atom stereocenters. The first-order chi connectivity index (χ1) is 12.8. The number of benzene rings is 2. The highest BCUT2D eigenvalue weighted by Gasteiger charge is 2.13. The minimum atomic E-state index is 0. The summed E-state index contributed by atoms with van der Waals surface area (Å²) in [6, 6.07) is 17.6. The summed E-state index contributed by atoms with van der Waals surface area (Å²) >= 11 is 0. The van der Waals surface area contributed by atoms with E-state index in [1.807, 2.05) is 48.5 Å². The molecule has 5 rings (SSSR count). The molecule has 2 aromatic carbocycles. The molecule has 0 saturated heterocycles. The van der Waals surface area contributed by atoms with Crippen molar-refractivity contribution in [3.8, 4) is 22.9 Å². The molecule has 2 aromatic heterocycles. The van der Waals surface area contributed by atoms with E-state index < -0.39 is 0 Å². The Bertz CT molecular complexity index is 1120. The summed E-state index contributed by atoms with van der Waals surface area (Å²) in [6.07, 6.45) is 0. The van der Waals surface area contributed by atoms with Gasteiger partial charge < -0.3 is 20.5 Å². The lowest BCUT2D eigenvalue weighted by Gasteiger charge is -2.01. The normalized spacial score (nSPS) is 13.3. The summed E-state index contributed by atoms with van der Waals surface area (Å²) in [5.41, 5.74) is 10.4. The highest BCUT2D eigenvalue weighted by Crippen LogP contribution is 2.29. The van der Waals surface area contributed by atoms with Crippen LogP contribution < -0.4 is 11.1 Å². The first-order valence-corrected chi connectivity index (χ1v) is 8.51. The van der Waals surface area contributed by atoms with Crippen LogP contribution in [0.2, 0.25) is 0 Å². The van der Waals surface area contributed by atoms with Crippen molar-refractivity contribution in [1.82, 2.24) is 15.3 Å². The Morgan fingerprint density at radius 3 is 2.48 bits per heavy atom. The highest BCUT2D eigenvalue weighted by atomic mass is 16.3. The van der Waals surface area contributed by atoms with E-state index in [0.29, 0.717) is 11.6 Å². The predicted molar refractivity (Wildman–Crippen MR) is 110 cm³/mol. The van der Waals surface area contributed by atoms with Crippen LogP contribution in [0.25, 0.3) is 33.9 Å². The lowest BCUT2D eigenvalue weighted by atomic mass is 10.1. The lowest BCUT2D eigenvalue weighted by molar-refractivity contribution is 0.593. The molecular weight excluding hydrogens is 338 g/mol. The van der Waals surface area contributed by atoms with Crippen LogP contribution in [0.5, 0.6) is 0 Å². The number of rotatable bonds is 3. The summed E-state index contributed by atoms with van der Waals surface area (Å²) < 4.78 is 5.98. The molecule has 6 heteroatoms. The molecule has 27 heavy (non-hydrogen) atoms. The van der Waals surface area contributed by atoms with Gasteiger partial charge in [-0.05, 0) is 54.6 Å². The molecule has 0 aliphatic carbocycles. The maximum absolute atomic E-state index is 5.98. The molecule has 1 aliphatic heterocycles. The van der Waals surface area contributed by atoms with E-state index in [2.05, 4.69) is 26.3 Å². The Balaban J connectivity index is 0.00000180. The standard InChI is InChI=1S/C20H17N5O.CH4/c21-14-4-1-12(2-5-14)17-7-8-18(26-17)20-24-15-6-3-13(11-16(15)25-20)19-22-9-10-23-19;/h1-8,11H,9-10,21H2,(H,22,23)(H,24,25);1H4. The summed E-state index contributed by atoms with van der Waals surface area (Å²) in [5, 5.41) is 3.29. The number of hydrogen-bond acceptors (Lipinski definition) is 5. The number of anilines is 1. The molecule has 3 heterocycles. The third-order valence-electron chi connectivity index (χ3n) is 4.46. The molecular formula is C21H21N5O. The highest BCUT2D eigenvalue weighted by molar-refractivity contribution is 6.02. The number of amidine groups is 1. The number of aromatic amines is 1. The molecule has 0 spiro atoms. The Hall–Kier alpha value is -3.54. The molecule has 0 fully saturated rings. The fraction of sp³-hybridized carbons (Fsp3) is 0.143. The van der Waals surface area contributed by atoms with Crippen molar-refractivity contribution in [2.45, 2.75) is 7.43 Å². The lowest BCUT2D eigenvalue weighted by Crippen LogP contribution is -2.19. The molecule has 0 bridgehead atoms. The predicted octanol–water partition coefficient (Wildman–Crippen LogP) is 4.06. The van der Waals surface area contributed by atoms with E-state index in [1.165, 1.54) is 0 Å². The second-order valence-electron chi connectivity index (χ2n) is 6.26. The van der Waals surface area contributed by atoms with Gasteiger partial charge in [-0.2, -0.15) is 0 Å². The number of nitrogens with zero attached hydrogens (tertiary/aromatic N) is 2. The van der Waals surface area contributed by atoms with Crippen LogP contribution in [0, 0.1) is 0 Å². The van der Waals surface area contributed by atoms with Crippen molar-refractivity contribution in [1.29, 1.82) is 0 Å². The average Bonchev–Trinajstić information content (AvgIpc) is 3.40. The molecule has 0 unspecified atom stereocenters. The Morgan fingerprint density at radius 1 is 0.926 bits per heavy atom. The zero-order chi connectivity index (χ0) is 17.5. The van der Waals surface area contributed by atoms with Crippen molar-refractivity contribution < 1.29 is 4.42 Å². The van der Waals surface area contributed by atoms with Gasteiger partial charge in [-0.15, -0.1) is 0 Å². The third-order valence-corrected chi connectivity index (χ3v) is 4.46. The number of aromatic nitrogens is 2. The first kappa shape index (κ1) is 16.9. The largest absolute Gasteiger partial charge is 0.453 e. The van der Waals surface area contributed by atoms with Crippen LogP contribution in [0.1, 0.15) is 13.0 Å². The zero-order valence-electron chi connectivity index (χ0n) is 14.0. The molecule has 4 aromatic rings. The quantitative estimate of drug-likeness (QED) is 0.481. The van der Waals surface area contributed by atoms with Gasteiger partial charge >= 0.3 is 0 Å². The number of hydrogen-bond donors (Lipinski definition) is 3. The molecule has 136 valence electrons. The minimum absolute atomic E-state index is 0. The minimum Gasteiger partial charge on any atom is -0.453 e. The van der Waals surface area contributed by atoms with Gasteiger partial charge in [0.15, 0.2) is 11.6 Å². The Morgan fingerprint density at radius 2 is 1.70 bits per heavy atom. The summed E-state index contributed by atoms with van der Waals surface area (Å²) in [5.74, 6) is 3.13. The summed E-state index contributed by atoms with van der Waals surface area (Å²) in [4.78, 5) is 12.4. The maximum Gasteiger partial charge on any atom is 0.174 e. The molecule has 1 aliphatic rings. The number of nitrogen functional groups attached to an aromatic ring is 1. The van der Waals surface area contributed by atoms with Crippen LogP contribution in [0.15, 0.2) is 64.0 Å². The van der Waals surface area contributed by atoms with E-state index in [1.54, 1.807) is 0 Å². The van der Waals surface area contributed by atoms with E-state index in [4.69, 9.17) is 10.2 Å². The SMILES string of the molecule is C.Nc1ccc(-c2ccc(-c3nc4ccc(C5=NCCN5)cc4[nH]3)o2)cc1. The van der Waals surface area contributed by atoms with Crippen molar-refractivity contribution in [3.05, 3.63) is 60.2 Å². The fourth-order valence-electron chi connectivity index (χ4n) is 3.13. The number of fused-ring (bicyclic) bond motifs is 1. The third kappa shape index (κ3) is 3.06. The smallest absolute Gasteiger partial charge is 0.174 e. The van der Waals surface area contributed by atoms with Gasteiger partial charge in [0.1, 0.15) is 11.6 Å². The summed E-state index contributed by atoms with van der Waals surface area (Å²) in [7, 11) is 0. The second-order valence-corrected chi connectivity index (χ2v) is 6.26. The number of aliphatic imine (C=N–C) groups is 1. The van der Waals surface area contributed by atoms with E-state index >= 15 is 0 Å². The van der Waals surface area contributed by atoms with Crippen molar-refractivity contribution >= 4 is 22.6 Å². The number of nitrogens with one attached hydrogen (secondary N) is 2. The first-order valence-electron chi connectivity index (χ1n) is 8.51. The fourth-order valence-corrected chi connectivity index (χ4v) is 3.13. The topological polar surface area (TPSA) is 92.2 Å². The van der Waals surface area contributed by atoms with Gasteiger partial charge in [0.2, 0.25) is 0 Å². The Kier molecular flexibility index (Phi) is 4.16. The Labute approximate surface area is 157 Å². The monoisotopic (exact) mass is 359 g/mol. The maximum atomic E-state index is 5.98.